The second kappa shape index (κ2) is 8.01. The van der Waals surface area contributed by atoms with Crippen LogP contribution in [0.3, 0.4) is 0 Å². The first-order chi connectivity index (χ1) is 13.9. The van der Waals surface area contributed by atoms with Crippen molar-refractivity contribution < 1.29 is 14.3 Å². The van der Waals surface area contributed by atoms with Gasteiger partial charge in [-0.3, -0.25) is 4.79 Å². The van der Waals surface area contributed by atoms with Gasteiger partial charge in [0, 0.05) is 21.6 Å². The van der Waals surface area contributed by atoms with Crippen molar-refractivity contribution in [3.63, 3.8) is 0 Å². The zero-order valence-electron chi connectivity index (χ0n) is 15.1. The molecule has 0 saturated heterocycles. The first-order valence-corrected chi connectivity index (χ1v) is 10.1. The minimum atomic E-state index is -0.494. The van der Waals surface area contributed by atoms with Crippen molar-refractivity contribution in [1.82, 2.24) is 4.90 Å². The van der Waals surface area contributed by atoms with E-state index in [2.05, 4.69) is 15.9 Å². The maximum absolute atomic E-state index is 13.3. The number of aliphatic hydroxyl groups excluding tert-OH is 1. The number of amides is 1. The van der Waals surface area contributed by atoms with E-state index in [1.807, 2.05) is 24.3 Å². The summed E-state index contributed by atoms with van der Waals surface area (Å²) in [5.41, 5.74) is 2.85. The minimum absolute atomic E-state index is 0.234. The maximum Gasteiger partial charge on any atom is 0.290 e. The number of nitrogens with zero attached hydrogens (tertiary/aromatic N) is 1. The number of rotatable bonds is 4. The van der Waals surface area contributed by atoms with E-state index in [4.69, 9.17) is 11.6 Å². The Kier molecular flexibility index (Phi) is 5.43. The Bertz CT molecular complexity index is 1100. The van der Waals surface area contributed by atoms with Crippen molar-refractivity contribution in [2.75, 3.05) is 0 Å². The summed E-state index contributed by atoms with van der Waals surface area (Å²) in [7, 11) is 0. The zero-order valence-corrected chi connectivity index (χ0v) is 17.5. The summed E-state index contributed by atoms with van der Waals surface area (Å²) in [4.78, 5) is 14.6. The van der Waals surface area contributed by atoms with Gasteiger partial charge in [0.25, 0.3) is 5.91 Å². The number of halogens is 3. The van der Waals surface area contributed by atoms with E-state index in [0.717, 1.165) is 15.6 Å². The molecule has 1 amide bonds. The lowest BCUT2D eigenvalue weighted by Crippen LogP contribution is -2.29. The van der Waals surface area contributed by atoms with Gasteiger partial charge in [-0.25, -0.2) is 4.39 Å². The van der Waals surface area contributed by atoms with Crippen LogP contribution in [-0.4, -0.2) is 15.9 Å². The molecular formula is C23H16BrClFNO2. The fraction of sp³-hybridized carbons (Fsp3) is 0.0870. The molecule has 0 bridgehead atoms. The molecule has 1 N–H and O–H groups in total. The van der Waals surface area contributed by atoms with Gasteiger partial charge in [-0.2, -0.15) is 0 Å². The molecule has 0 aromatic heterocycles. The monoisotopic (exact) mass is 471 g/mol. The molecule has 1 unspecified atom stereocenters. The fourth-order valence-corrected chi connectivity index (χ4v) is 4.09. The average Bonchev–Trinajstić information content (AvgIpc) is 2.95. The summed E-state index contributed by atoms with van der Waals surface area (Å²) in [5, 5.41) is 11.3. The van der Waals surface area contributed by atoms with Crippen molar-refractivity contribution in [3.8, 4) is 0 Å². The van der Waals surface area contributed by atoms with E-state index in [-0.39, 0.29) is 18.1 Å². The van der Waals surface area contributed by atoms with E-state index >= 15 is 0 Å². The normalized spacial score (nSPS) is 16.6. The maximum atomic E-state index is 13.3. The van der Waals surface area contributed by atoms with E-state index in [1.54, 1.807) is 41.3 Å². The lowest BCUT2D eigenvalue weighted by molar-refractivity contribution is -0.130. The molecule has 0 saturated carbocycles. The fourth-order valence-electron chi connectivity index (χ4n) is 3.55. The highest BCUT2D eigenvalue weighted by molar-refractivity contribution is 9.10. The molecule has 0 radical (unpaired) electrons. The molecule has 0 fully saturated rings. The van der Waals surface area contributed by atoms with E-state index in [1.165, 1.54) is 12.1 Å². The highest BCUT2D eigenvalue weighted by Crippen LogP contribution is 2.44. The van der Waals surface area contributed by atoms with E-state index in [0.29, 0.717) is 16.2 Å². The van der Waals surface area contributed by atoms with Crippen molar-refractivity contribution in [3.05, 3.63) is 111 Å². The van der Waals surface area contributed by atoms with Crippen LogP contribution < -0.4 is 0 Å². The highest BCUT2D eigenvalue weighted by atomic mass is 79.9. The predicted octanol–water partition coefficient (Wildman–Crippen LogP) is 6.29. The van der Waals surface area contributed by atoms with Gasteiger partial charge in [-0.15, -0.1) is 0 Å². The van der Waals surface area contributed by atoms with Gasteiger partial charge >= 0.3 is 0 Å². The lowest BCUT2D eigenvalue weighted by atomic mass is 9.93. The Morgan fingerprint density at radius 2 is 1.72 bits per heavy atom. The van der Waals surface area contributed by atoms with Crippen LogP contribution in [0.15, 0.2) is 83.0 Å². The Morgan fingerprint density at radius 1 is 1.03 bits per heavy atom. The molecule has 4 rings (SSSR count). The van der Waals surface area contributed by atoms with Crippen molar-refractivity contribution in [2.45, 2.75) is 12.6 Å². The third kappa shape index (κ3) is 3.93. The first kappa shape index (κ1) is 19.7. The van der Waals surface area contributed by atoms with E-state index < -0.39 is 11.9 Å². The molecule has 146 valence electrons. The van der Waals surface area contributed by atoms with Gasteiger partial charge < -0.3 is 10.0 Å². The Morgan fingerprint density at radius 3 is 2.38 bits per heavy atom. The largest absolute Gasteiger partial charge is 0.503 e. The molecule has 1 heterocycles. The summed E-state index contributed by atoms with van der Waals surface area (Å²) in [6.45, 7) is 0.234. The van der Waals surface area contributed by atoms with Crippen molar-refractivity contribution >= 4 is 39.0 Å². The van der Waals surface area contributed by atoms with Crippen LogP contribution in [0.4, 0.5) is 4.39 Å². The number of aliphatic hydroxyl groups is 1. The average molecular weight is 473 g/mol. The molecule has 1 atom stereocenters. The minimum Gasteiger partial charge on any atom is -0.503 e. The first-order valence-electron chi connectivity index (χ1n) is 8.94. The molecule has 6 heteroatoms. The molecular weight excluding hydrogens is 457 g/mol. The number of carbonyl (C=O) groups is 1. The molecule has 3 aromatic rings. The Balaban J connectivity index is 1.81. The number of carbonyl (C=O) groups excluding carboxylic acids is 1. The zero-order chi connectivity index (χ0) is 20.5. The standard InChI is InChI=1S/C23H16BrClFNO2/c24-17-3-1-2-16(12-17)21-20(15-6-8-18(25)9-7-15)22(28)23(29)27(21)13-14-4-10-19(26)11-5-14/h1-12,21,28H,13H2. The summed E-state index contributed by atoms with van der Waals surface area (Å²) in [6, 6.07) is 20.1. The predicted molar refractivity (Wildman–Crippen MR) is 115 cm³/mol. The second-order valence-corrected chi connectivity index (χ2v) is 8.14. The third-order valence-corrected chi connectivity index (χ3v) is 5.63. The smallest absolute Gasteiger partial charge is 0.290 e. The third-order valence-electron chi connectivity index (χ3n) is 4.89. The summed E-state index contributed by atoms with van der Waals surface area (Å²) in [6.07, 6.45) is 0. The quantitative estimate of drug-likeness (QED) is 0.484. The molecule has 1 aliphatic rings. The number of hydrogen-bond acceptors (Lipinski definition) is 2. The molecule has 3 nitrogen and oxygen atoms in total. The van der Waals surface area contributed by atoms with Gasteiger partial charge in [0.1, 0.15) is 5.82 Å². The second-order valence-electron chi connectivity index (χ2n) is 6.79. The number of benzene rings is 3. The van der Waals surface area contributed by atoms with Gasteiger partial charge in [-0.1, -0.05) is 63.9 Å². The van der Waals surface area contributed by atoms with Crippen LogP contribution in [0.25, 0.3) is 5.57 Å². The van der Waals surface area contributed by atoms with E-state index in [9.17, 15) is 14.3 Å². The molecule has 0 spiro atoms. The summed E-state index contributed by atoms with van der Waals surface area (Å²) in [5.74, 6) is -1.10. The van der Waals surface area contributed by atoms with Crippen LogP contribution in [0.2, 0.25) is 5.02 Å². The number of hydrogen-bond donors (Lipinski definition) is 1. The Labute approximate surface area is 181 Å². The van der Waals surface area contributed by atoms with Crippen LogP contribution in [-0.2, 0) is 11.3 Å². The van der Waals surface area contributed by atoms with Crippen molar-refractivity contribution in [2.24, 2.45) is 0 Å². The summed E-state index contributed by atoms with van der Waals surface area (Å²) >= 11 is 9.49. The van der Waals surface area contributed by atoms with Crippen LogP contribution in [0.1, 0.15) is 22.7 Å². The van der Waals surface area contributed by atoms with Crippen LogP contribution >= 0.6 is 27.5 Å². The van der Waals surface area contributed by atoms with Gasteiger partial charge in [0.15, 0.2) is 5.76 Å². The summed E-state index contributed by atoms with van der Waals surface area (Å²) < 4.78 is 14.2. The molecule has 3 aromatic carbocycles. The topological polar surface area (TPSA) is 40.5 Å². The lowest BCUT2D eigenvalue weighted by Gasteiger charge is -2.27. The Hall–Kier alpha value is -2.63. The molecule has 0 aliphatic carbocycles. The van der Waals surface area contributed by atoms with Crippen LogP contribution in [0, 0.1) is 5.82 Å². The van der Waals surface area contributed by atoms with Crippen molar-refractivity contribution in [1.29, 1.82) is 0 Å². The van der Waals surface area contributed by atoms with Gasteiger partial charge in [0.05, 0.1) is 6.04 Å². The van der Waals surface area contributed by atoms with Gasteiger partial charge in [0.2, 0.25) is 0 Å². The highest BCUT2D eigenvalue weighted by Gasteiger charge is 2.41. The van der Waals surface area contributed by atoms with Crippen LogP contribution in [0.5, 0.6) is 0 Å². The molecule has 1 aliphatic heterocycles. The SMILES string of the molecule is O=C1C(O)=C(c2ccc(Cl)cc2)C(c2cccc(Br)c2)N1Cc1ccc(F)cc1. The molecule has 29 heavy (non-hydrogen) atoms. The van der Waals surface area contributed by atoms with Gasteiger partial charge in [-0.05, 0) is 53.1 Å².